The molecule has 1 aliphatic rings. The highest BCUT2D eigenvalue weighted by Gasteiger charge is 2.34. The Morgan fingerprint density at radius 1 is 1.33 bits per heavy atom. The van der Waals surface area contributed by atoms with Gasteiger partial charge in [0.15, 0.2) is 0 Å². The van der Waals surface area contributed by atoms with E-state index in [1.54, 1.807) is 0 Å². The van der Waals surface area contributed by atoms with E-state index in [9.17, 15) is 17.2 Å². The molecular formula is C13H17BrF2N2O2S. The highest BCUT2D eigenvalue weighted by Crippen LogP contribution is 2.30. The second-order valence-corrected chi connectivity index (χ2v) is 7.77. The first-order chi connectivity index (χ1) is 9.77. The third-order valence-electron chi connectivity index (χ3n) is 3.69. The van der Waals surface area contributed by atoms with E-state index < -0.39 is 26.6 Å². The van der Waals surface area contributed by atoms with Crippen molar-refractivity contribution in [2.24, 2.45) is 0 Å². The Hall–Kier alpha value is -0.570. The van der Waals surface area contributed by atoms with Crippen LogP contribution in [0.25, 0.3) is 0 Å². The first-order valence-corrected chi connectivity index (χ1v) is 8.89. The van der Waals surface area contributed by atoms with E-state index in [2.05, 4.69) is 20.8 Å². The van der Waals surface area contributed by atoms with Gasteiger partial charge in [0.1, 0.15) is 16.5 Å². The summed E-state index contributed by atoms with van der Waals surface area (Å²) in [5.74, 6) is -1.89. The fraction of sp³-hybridized carbons (Fsp3) is 0.538. The highest BCUT2D eigenvalue weighted by atomic mass is 79.9. The summed E-state index contributed by atoms with van der Waals surface area (Å²) in [5, 5.41) is 0. The molecular weight excluding hydrogens is 366 g/mol. The monoisotopic (exact) mass is 382 g/mol. The van der Waals surface area contributed by atoms with Gasteiger partial charge in [-0.1, -0.05) is 6.92 Å². The summed E-state index contributed by atoms with van der Waals surface area (Å²) in [6, 6.07) is 1.60. The Kier molecular flexibility index (Phi) is 5.02. The lowest BCUT2D eigenvalue weighted by molar-refractivity contribution is 0.135. The van der Waals surface area contributed by atoms with Crippen LogP contribution in [-0.4, -0.2) is 49.8 Å². The Bertz CT molecular complexity index is 616. The van der Waals surface area contributed by atoms with Crippen molar-refractivity contribution in [1.82, 2.24) is 9.21 Å². The maximum atomic E-state index is 13.9. The molecule has 1 saturated heterocycles. The SMILES string of the molecule is CCN1CCN(S(=O)(=O)c2c(F)cc(F)cc2Br)CC1C. The molecule has 0 amide bonds. The second-order valence-electron chi connectivity index (χ2n) is 5.04. The zero-order valence-corrected chi connectivity index (χ0v) is 14.2. The Morgan fingerprint density at radius 3 is 2.52 bits per heavy atom. The highest BCUT2D eigenvalue weighted by molar-refractivity contribution is 9.10. The zero-order valence-electron chi connectivity index (χ0n) is 11.8. The summed E-state index contributed by atoms with van der Waals surface area (Å²) in [7, 11) is -3.99. The molecule has 1 aliphatic heterocycles. The van der Waals surface area contributed by atoms with Gasteiger partial charge in [0.25, 0.3) is 0 Å². The van der Waals surface area contributed by atoms with E-state index in [0.717, 1.165) is 12.6 Å². The van der Waals surface area contributed by atoms with Crippen LogP contribution in [0.1, 0.15) is 13.8 Å². The lowest BCUT2D eigenvalue weighted by Crippen LogP contribution is -2.53. The molecule has 0 saturated carbocycles. The van der Waals surface area contributed by atoms with Gasteiger partial charge in [0.05, 0.1) is 0 Å². The molecule has 0 aromatic heterocycles. The molecule has 1 unspecified atom stereocenters. The number of benzene rings is 1. The third-order valence-corrected chi connectivity index (χ3v) is 6.53. The van der Waals surface area contributed by atoms with Gasteiger partial charge in [-0.05, 0) is 35.5 Å². The predicted molar refractivity (Wildman–Crippen MR) is 79.5 cm³/mol. The van der Waals surface area contributed by atoms with Crippen LogP contribution >= 0.6 is 15.9 Å². The molecule has 1 atom stereocenters. The van der Waals surface area contributed by atoms with Gasteiger partial charge in [0.2, 0.25) is 10.0 Å². The van der Waals surface area contributed by atoms with Crippen LogP contribution in [-0.2, 0) is 10.0 Å². The van der Waals surface area contributed by atoms with E-state index >= 15 is 0 Å². The van der Waals surface area contributed by atoms with Crippen molar-refractivity contribution in [3.8, 4) is 0 Å². The number of piperazine rings is 1. The van der Waals surface area contributed by atoms with Crippen LogP contribution in [0, 0.1) is 11.6 Å². The molecule has 1 aromatic rings. The number of nitrogens with zero attached hydrogens (tertiary/aromatic N) is 2. The minimum absolute atomic E-state index is 0.0563. The van der Waals surface area contributed by atoms with E-state index in [1.165, 1.54) is 4.31 Å². The summed E-state index contributed by atoms with van der Waals surface area (Å²) >= 11 is 2.94. The summed E-state index contributed by atoms with van der Waals surface area (Å²) in [4.78, 5) is 1.66. The first-order valence-electron chi connectivity index (χ1n) is 6.66. The smallest absolute Gasteiger partial charge is 0.247 e. The topological polar surface area (TPSA) is 40.6 Å². The van der Waals surface area contributed by atoms with Crippen molar-refractivity contribution in [2.75, 3.05) is 26.2 Å². The Balaban J connectivity index is 2.36. The summed E-state index contributed by atoms with van der Waals surface area (Å²) in [5.41, 5.74) is 0. The lowest BCUT2D eigenvalue weighted by atomic mass is 10.2. The molecule has 2 rings (SSSR count). The average Bonchev–Trinajstić information content (AvgIpc) is 2.36. The summed E-state index contributed by atoms with van der Waals surface area (Å²) in [6.07, 6.45) is 0. The van der Waals surface area contributed by atoms with E-state index in [4.69, 9.17) is 0 Å². The van der Waals surface area contributed by atoms with E-state index in [1.807, 2.05) is 13.8 Å². The number of halogens is 3. The molecule has 0 spiro atoms. The van der Waals surface area contributed by atoms with E-state index in [0.29, 0.717) is 25.7 Å². The van der Waals surface area contributed by atoms with Crippen molar-refractivity contribution in [3.63, 3.8) is 0 Å². The zero-order chi connectivity index (χ0) is 15.8. The summed E-state index contributed by atoms with van der Waals surface area (Å²) in [6.45, 7) is 5.96. The Labute approximate surface area is 131 Å². The van der Waals surface area contributed by atoms with Crippen LogP contribution in [0.5, 0.6) is 0 Å². The molecule has 118 valence electrons. The maximum Gasteiger partial charge on any atom is 0.247 e. The van der Waals surface area contributed by atoms with Crippen LogP contribution < -0.4 is 0 Å². The van der Waals surface area contributed by atoms with Gasteiger partial charge in [-0.15, -0.1) is 0 Å². The minimum atomic E-state index is -3.99. The Morgan fingerprint density at radius 2 is 2.00 bits per heavy atom. The van der Waals surface area contributed by atoms with Crippen LogP contribution in [0.3, 0.4) is 0 Å². The molecule has 0 bridgehead atoms. The second kappa shape index (κ2) is 6.28. The molecule has 1 aromatic carbocycles. The van der Waals surface area contributed by atoms with Gasteiger partial charge in [-0.3, -0.25) is 4.90 Å². The first kappa shape index (κ1) is 16.8. The molecule has 0 radical (unpaired) electrons. The molecule has 0 aliphatic carbocycles. The third kappa shape index (κ3) is 3.28. The number of likely N-dealkylation sites (N-methyl/N-ethyl adjacent to an activating group) is 1. The minimum Gasteiger partial charge on any atom is -0.298 e. The van der Waals surface area contributed by atoms with Gasteiger partial charge < -0.3 is 0 Å². The van der Waals surface area contributed by atoms with Gasteiger partial charge in [0, 0.05) is 36.2 Å². The van der Waals surface area contributed by atoms with Crippen LogP contribution in [0.4, 0.5) is 8.78 Å². The molecule has 4 nitrogen and oxygen atoms in total. The largest absolute Gasteiger partial charge is 0.298 e. The van der Waals surface area contributed by atoms with Crippen molar-refractivity contribution in [1.29, 1.82) is 0 Å². The van der Waals surface area contributed by atoms with Gasteiger partial charge in [-0.2, -0.15) is 4.31 Å². The normalized spacial score (nSPS) is 21.7. The molecule has 8 heteroatoms. The number of sulfonamides is 1. The van der Waals surface area contributed by atoms with Crippen molar-refractivity contribution < 1.29 is 17.2 Å². The predicted octanol–water partition coefficient (Wildman–Crippen LogP) is 2.44. The van der Waals surface area contributed by atoms with Crippen molar-refractivity contribution >= 4 is 26.0 Å². The van der Waals surface area contributed by atoms with Gasteiger partial charge in [-0.25, -0.2) is 17.2 Å². The maximum absolute atomic E-state index is 13.9. The van der Waals surface area contributed by atoms with Crippen molar-refractivity contribution in [2.45, 2.75) is 24.8 Å². The fourth-order valence-corrected chi connectivity index (χ4v) is 5.18. The average molecular weight is 383 g/mol. The quantitative estimate of drug-likeness (QED) is 0.805. The number of rotatable bonds is 3. The summed E-state index contributed by atoms with van der Waals surface area (Å²) < 4.78 is 53.4. The van der Waals surface area contributed by atoms with Gasteiger partial charge >= 0.3 is 0 Å². The molecule has 1 fully saturated rings. The lowest BCUT2D eigenvalue weighted by Gasteiger charge is -2.38. The number of hydrogen-bond donors (Lipinski definition) is 0. The van der Waals surface area contributed by atoms with Crippen LogP contribution in [0.2, 0.25) is 0 Å². The van der Waals surface area contributed by atoms with Crippen molar-refractivity contribution in [3.05, 3.63) is 28.2 Å². The number of hydrogen-bond acceptors (Lipinski definition) is 3. The fourth-order valence-electron chi connectivity index (χ4n) is 2.55. The van der Waals surface area contributed by atoms with Crippen LogP contribution in [0.15, 0.2) is 21.5 Å². The van der Waals surface area contributed by atoms with E-state index in [-0.39, 0.29) is 10.5 Å². The standard InChI is InChI=1S/C13H17BrF2N2O2S/c1-3-17-4-5-18(8-9(17)2)21(19,20)13-11(14)6-10(15)7-12(13)16/h6-7,9H,3-5,8H2,1-2H3. The molecule has 1 heterocycles. The molecule has 21 heavy (non-hydrogen) atoms. The molecule has 0 N–H and O–H groups in total.